The van der Waals surface area contributed by atoms with E-state index in [2.05, 4.69) is 56.5 Å². The number of aryl methyl sites for hydroxylation is 3. The largest absolute Gasteiger partial charge is 0.508 e. The fourth-order valence-corrected chi connectivity index (χ4v) is 5.64. The van der Waals surface area contributed by atoms with Crippen LogP contribution in [0.15, 0.2) is 60.7 Å². The highest BCUT2D eigenvalue weighted by atomic mass is 16.8. The molecule has 0 bridgehead atoms. The van der Waals surface area contributed by atoms with E-state index in [1.807, 2.05) is 0 Å². The van der Waals surface area contributed by atoms with Crippen molar-refractivity contribution in [3.05, 3.63) is 83.0 Å². The summed E-state index contributed by atoms with van der Waals surface area (Å²) in [5.74, 6) is -0.778. The molecule has 262 valence electrons. The number of ether oxygens (including phenoxy) is 5. The Bertz CT molecular complexity index is 1300. The van der Waals surface area contributed by atoms with Gasteiger partial charge in [0.25, 0.3) is 0 Å². The highest BCUT2D eigenvalue weighted by Gasteiger charge is 2.25. The fraction of sp³-hybridized carbons (Fsp3) is 0.525. The minimum atomic E-state index is -0.668. The average molecular weight is 663 g/mol. The van der Waals surface area contributed by atoms with Crippen molar-refractivity contribution in [1.82, 2.24) is 0 Å². The zero-order chi connectivity index (χ0) is 34.7. The number of cyclic esters (lactones) is 2. The fourth-order valence-electron chi connectivity index (χ4n) is 5.64. The summed E-state index contributed by atoms with van der Waals surface area (Å²) in [6, 6.07) is 13.3. The van der Waals surface area contributed by atoms with Gasteiger partial charge in [-0.2, -0.15) is 0 Å². The average Bonchev–Trinajstić information content (AvgIpc) is 3.49. The summed E-state index contributed by atoms with van der Waals surface area (Å²) in [6.45, 7) is 14.3. The minimum Gasteiger partial charge on any atom is -0.462 e. The molecule has 1 heterocycles. The van der Waals surface area contributed by atoms with E-state index in [0.717, 1.165) is 34.2 Å². The molecular formula is C40H54O8. The molecule has 0 N–H and O–H groups in total. The van der Waals surface area contributed by atoms with E-state index in [9.17, 15) is 14.4 Å². The van der Waals surface area contributed by atoms with Gasteiger partial charge in [0.2, 0.25) is 0 Å². The third-order valence-electron chi connectivity index (χ3n) is 8.34. The highest BCUT2D eigenvalue weighted by Crippen LogP contribution is 2.29. The lowest BCUT2D eigenvalue weighted by atomic mass is 9.88. The Labute approximate surface area is 286 Å². The van der Waals surface area contributed by atoms with Gasteiger partial charge < -0.3 is 23.7 Å². The number of carbonyl (C=O) groups excluding carboxylic acids is 3. The standard InChI is InChI=1S/C40H54O8/c1-6-7-8-9-10-11-14-31-17-19-32(20-18-31)35-25-33(15-12-22-45-38(41)29(2)3)37(21-24-44-27-36-28-47-40(43)48-36)34(26-35)16-13-23-46-39(42)30(4)5/h17-20,25-26,36H,2,4,6-16,21-24,27-28H2,1,3,5H3. The second kappa shape index (κ2) is 21.1. The molecule has 3 rings (SSSR count). The Morgan fingerprint density at radius 1 is 0.750 bits per heavy atom. The normalized spacial score (nSPS) is 13.9. The molecule has 2 aromatic rings. The molecule has 2 aromatic carbocycles. The van der Waals surface area contributed by atoms with Crippen LogP contribution < -0.4 is 0 Å². The second-order valence-corrected chi connectivity index (χ2v) is 12.7. The predicted molar refractivity (Wildman–Crippen MR) is 188 cm³/mol. The molecule has 1 saturated heterocycles. The number of hydrogen-bond donors (Lipinski definition) is 0. The quantitative estimate of drug-likeness (QED) is 0.0506. The van der Waals surface area contributed by atoms with E-state index < -0.39 is 12.3 Å². The first-order valence-corrected chi connectivity index (χ1v) is 17.5. The number of rotatable bonds is 23. The maximum Gasteiger partial charge on any atom is 0.508 e. The van der Waals surface area contributed by atoms with Crippen LogP contribution in [0.4, 0.5) is 4.79 Å². The first-order chi connectivity index (χ1) is 23.2. The number of esters is 2. The van der Waals surface area contributed by atoms with Crippen LogP contribution in [-0.4, -0.2) is 57.2 Å². The lowest BCUT2D eigenvalue weighted by Crippen LogP contribution is -2.19. The lowest BCUT2D eigenvalue weighted by molar-refractivity contribution is -0.139. The first-order valence-electron chi connectivity index (χ1n) is 17.5. The van der Waals surface area contributed by atoms with Gasteiger partial charge in [-0.05, 0) is 92.2 Å². The zero-order valence-electron chi connectivity index (χ0n) is 29.2. The highest BCUT2D eigenvalue weighted by molar-refractivity contribution is 5.87. The molecule has 1 aliphatic heterocycles. The number of unbranched alkanes of at least 4 members (excludes halogenated alkanes) is 5. The van der Waals surface area contributed by atoms with Crippen molar-refractivity contribution >= 4 is 18.1 Å². The van der Waals surface area contributed by atoms with Crippen LogP contribution in [0.5, 0.6) is 0 Å². The molecular weight excluding hydrogens is 608 g/mol. The van der Waals surface area contributed by atoms with Gasteiger partial charge in [0.15, 0.2) is 6.10 Å². The summed E-state index contributed by atoms with van der Waals surface area (Å²) in [6.07, 6.45) is 11.0. The Morgan fingerprint density at radius 3 is 1.88 bits per heavy atom. The third-order valence-corrected chi connectivity index (χ3v) is 8.34. The van der Waals surface area contributed by atoms with Crippen molar-refractivity contribution in [2.75, 3.05) is 33.0 Å². The molecule has 48 heavy (non-hydrogen) atoms. The molecule has 0 aliphatic carbocycles. The molecule has 0 saturated carbocycles. The van der Waals surface area contributed by atoms with Crippen LogP contribution >= 0.6 is 0 Å². The van der Waals surface area contributed by atoms with Gasteiger partial charge in [-0.1, -0.05) is 88.6 Å². The van der Waals surface area contributed by atoms with Crippen LogP contribution in [0.25, 0.3) is 11.1 Å². The van der Waals surface area contributed by atoms with Gasteiger partial charge in [-0.15, -0.1) is 0 Å². The molecule has 1 fully saturated rings. The topological polar surface area (TPSA) is 97.4 Å². The minimum absolute atomic E-state index is 0.188. The molecule has 8 nitrogen and oxygen atoms in total. The van der Waals surface area contributed by atoms with E-state index in [-0.39, 0.29) is 38.4 Å². The summed E-state index contributed by atoms with van der Waals surface area (Å²) in [5, 5.41) is 0. The number of benzene rings is 2. The van der Waals surface area contributed by atoms with E-state index in [1.54, 1.807) is 13.8 Å². The second-order valence-electron chi connectivity index (χ2n) is 12.7. The van der Waals surface area contributed by atoms with E-state index in [0.29, 0.717) is 49.9 Å². The number of hydrogen-bond acceptors (Lipinski definition) is 8. The van der Waals surface area contributed by atoms with E-state index in [4.69, 9.17) is 23.7 Å². The van der Waals surface area contributed by atoms with Gasteiger partial charge in [0.1, 0.15) is 6.61 Å². The van der Waals surface area contributed by atoms with Crippen LogP contribution in [0.3, 0.4) is 0 Å². The van der Waals surface area contributed by atoms with Crippen LogP contribution in [0.1, 0.15) is 94.4 Å². The summed E-state index contributed by atoms with van der Waals surface area (Å²) in [4.78, 5) is 35.3. The van der Waals surface area contributed by atoms with Crippen molar-refractivity contribution < 1.29 is 38.1 Å². The van der Waals surface area contributed by atoms with Gasteiger partial charge in [-0.25, -0.2) is 14.4 Å². The molecule has 0 amide bonds. The van der Waals surface area contributed by atoms with Crippen molar-refractivity contribution in [3.8, 4) is 11.1 Å². The summed E-state index contributed by atoms with van der Waals surface area (Å²) >= 11 is 0. The van der Waals surface area contributed by atoms with Gasteiger partial charge >= 0.3 is 18.1 Å². The smallest absolute Gasteiger partial charge is 0.462 e. The maximum absolute atomic E-state index is 12.0. The van der Waals surface area contributed by atoms with Crippen molar-refractivity contribution in [1.29, 1.82) is 0 Å². The Kier molecular flexibility index (Phi) is 17.0. The molecule has 1 atom stereocenters. The van der Waals surface area contributed by atoms with E-state index >= 15 is 0 Å². The SMILES string of the molecule is C=C(C)C(=O)OCCCc1cc(-c2ccc(CCCCCCCC)cc2)cc(CCCOC(=O)C(=C)C)c1CCOCC1COC(=O)O1. The van der Waals surface area contributed by atoms with Crippen LogP contribution in [0.2, 0.25) is 0 Å². The number of carbonyl (C=O) groups is 3. The molecule has 0 radical (unpaired) electrons. The van der Waals surface area contributed by atoms with Crippen molar-refractivity contribution in [2.24, 2.45) is 0 Å². The zero-order valence-corrected chi connectivity index (χ0v) is 29.2. The van der Waals surface area contributed by atoms with Gasteiger partial charge in [0, 0.05) is 11.1 Å². The van der Waals surface area contributed by atoms with Crippen LogP contribution in [-0.2, 0) is 59.0 Å². The lowest BCUT2D eigenvalue weighted by Gasteiger charge is -2.19. The predicted octanol–water partition coefficient (Wildman–Crippen LogP) is 8.45. The first kappa shape index (κ1) is 38.5. The monoisotopic (exact) mass is 662 g/mol. The molecule has 1 unspecified atom stereocenters. The van der Waals surface area contributed by atoms with Crippen molar-refractivity contribution in [3.63, 3.8) is 0 Å². The molecule has 8 heteroatoms. The van der Waals surface area contributed by atoms with Gasteiger partial charge in [0.05, 0.1) is 26.4 Å². The maximum atomic E-state index is 12.0. The van der Waals surface area contributed by atoms with Crippen molar-refractivity contribution in [2.45, 2.75) is 104 Å². The Hall–Kier alpha value is -3.91. The molecule has 0 spiro atoms. The summed E-state index contributed by atoms with van der Waals surface area (Å²) in [5.41, 5.74) is 7.83. The molecule has 0 aromatic heterocycles. The summed E-state index contributed by atoms with van der Waals surface area (Å²) < 4.78 is 26.7. The third kappa shape index (κ3) is 13.7. The molecule has 1 aliphatic rings. The van der Waals surface area contributed by atoms with Crippen LogP contribution in [0, 0.1) is 0 Å². The van der Waals surface area contributed by atoms with E-state index in [1.165, 1.54) is 44.1 Å². The summed E-state index contributed by atoms with van der Waals surface area (Å²) in [7, 11) is 0. The van der Waals surface area contributed by atoms with Gasteiger partial charge in [-0.3, -0.25) is 0 Å². The Balaban J connectivity index is 1.80. The Morgan fingerprint density at radius 2 is 1.33 bits per heavy atom.